The fourth-order valence-electron chi connectivity index (χ4n) is 3.24. The number of aromatic nitrogens is 3. The Morgan fingerprint density at radius 1 is 1.03 bits per heavy atom. The van der Waals surface area contributed by atoms with Crippen molar-refractivity contribution in [3.05, 3.63) is 78.0 Å². The summed E-state index contributed by atoms with van der Waals surface area (Å²) in [6.45, 7) is 0.593. The minimum Gasteiger partial charge on any atom is -0.352 e. The number of hydrogen-bond acceptors (Lipinski definition) is 5. The number of amides is 3. The zero-order valence-electron chi connectivity index (χ0n) is 15.6. The minimum atomic E-state index is -0.296. The van der Waals surface area contributed by atoms with Crippen molar-refractivity contribution in [1.82, 2.24) is 24.8 Å². The van der Waals surface area contributed by atoms with E-state index < -0.39 is 0 Å². The fourth-order valence-corrected chi connectivity index (χ4v) is 3.24. The van der Waals surface area contributed by atoms with Crippen molar-refractivity contribution in [2.24, 2.45) is 0 Å². The van der Waals surface area contributed by atoms with E-state index in [-0.39, 0.29) is 30.7 Å². The van der Waals surface area contributed by atoms with Gasteiger partial charge in [-0.1, -0.05) is 12.1 Å². The molecule has 0 fully saturated rings. The molecule has 0 atom stereocenters. The first-order valence-electron chi connectivity index (χ1n) is 9.28. The molecule has 0 saturated carbocycles. The Morgan fingerprint density at radius 3 is 2.48 bits per heavy atom. The second-order valence-corrected chi connectivity index (χ2v) is 6.68. The molecule has 8 heteroatoms. The van der Waals surface area contributed by atoms with Crippen molar-refractivity contribution in [2.75, 3.05) is 6.54 Å². The monoisotopic (exact) mass is 389 g/mol. The van der Waals surface area contributed by atoms with Gasteiger partial charge in [0.15, 0.2) is 0 Å². The van der Waals surface area contributed by atoms with E-state index in [1.54, 1.807) is 53.8 Å². The van der Waals surface area contributed by atoms with E-state index in [0.717, 1.165) is 11.4 Å². The number of nitrogens with one attached hydrogen (secondary N) is 1. The molecule has 0 unspecified atom stereocenters. The van der Waals surface area contributed by atoms with Crippen molar-refractivity contribution in [1.29, 1.82) is 0 Å². The van der Waals surface area contributed by atoms with Crippen LogP contribution in [0.15, 0.2) is 61.3 Å². The highest BCUT2D eigenvalue weighted by Gasteiger charge is 2.34. The number of carbonyl (C=O) groups excluding carboxylic acids is 3. The molecular weight excluding hydrogens is 370 g/mol. The van der Waals surface area contributed by atoms with Crippen LogP contribution in [0.25, 0.3) is 5.82 Å². The quantitative estimate of drug-likeness (QED) is 0.623. The molecule has 29 heavy (non-hydrogen) atoms. The summed E-state index contributed by atoms with van der Waals surface area (Å²) in [5, 5.41) is 2.86. The van der Waals surface area contributed by atoms with Crippen LogP contribution in [0, 0.1) is 0 Å². The summed E-state index contributed by atoms with van der Waals surface area (Å²) in [5.41, 5.74) is 1.76. The summed E-state index contributed by atoms with van der Waals surface area (Å²) >= 11 is 0. The number of nitrogens with zero attached hydrogens (tertiary/aromatic N) is 4. The van der Waals surface area contributed by atoms with Gasteiger partial charge in [0.2, 0.25) is 5.91 Å². The highest BCUT2D eigenvalue weighted by Crippen LogP contribution is 2.22. The Hall–Kier alpha value is -3.81. The molecule has 3 heterocycles. The number of imidazole rings is 1. The van der Waals surface area contributed by atoms with Crippen molar-refractivity contribution < 1.29 is 14.4 Å². The molecule has 0 saturated heterocycles. The average Bonchev–Trinajstić information content (AvgIpc) is 3.36. The van der Waals surface area contributed by atoms with Gasteiger partial charge in [-0.2, -0.15) is 0 Å². The molecule has 0 aliphatic carbocycles. The molecule has 0 spiro atoms. The van der Waals surface area contributed by atoms with Gasteiger partial charge in [0, 0.05) is 38.1 Å². The molecule has 1 N–H and O–H groups in total. The van der Waals surface area contributed by atoms with Gasteiger partial charge in [0.05, 0.1) is 11.1 Å². The first-order valence-corrected chi connectivity index (χ1v) is 9.28. The minimum absolute atomic E-state index is 0.136. The normalized spacial score (nSPS) is 12.9. The molecule has 8 nitrogen and oxygen atoms in total. The number of rotatable bonds is 7. The van der Waals surface area contributed by atoms with E-state index in [0.29, 0.717) is 24.1 Å². The first kappa shape index (κ1) is 18.5. The molecule has 2 aromatic heterocycles. The third-order valence-corrected chi connectivity index (χ3v) is 4.73. The topological polar surface area (TPSA) is 97.2 Å². The van der Waals surface area contributed by atoms with E-state index >= 15 is 0 Å². The third-order valence-electron chi connectivity index (χ3n) is 4.73. The summed E-state index contributed by atoms with van der Waals surface area (Å²) < 4.78 is 1.79. The molecule has 1 aromatic carbocycles. The van der Waals surface area contributed by atoms with Crippen LogP contribution >= 0.6 is 0 Å². The zero-order valence-corrected chi connectivity index (χ0v) is 15.6. The van der Waals surface area contributed by atoms with Gasteiger partial charge in [-0.15, -0.1) is 0 Å². The van der Waals surface area contributed by atoms with Gasteiger partial charge in [-0.25, -0.2) is 9.97 Å². The van der Waals surface area contributed by atoms with Crippen LogP contribution < -0.4 is 5.32 Å². The maximum atomic E-state index is 12.3. The average molecular weight is 389 g/mol. The Bertz CT molecular complexity index is 1030. The zero-order chi connectivity index (χ0) is 20.2. The van der Waals surface area contributed by atoms with Gasteiger partial charge in [0.1, 0.15) is 12.1 Å². The van der Waals surface area contributed by atoms with E-state index in [9.17, 15) is 14.4 Å². The molecule has 3 amide bonds. The van der Waals surface area contributed by atoms with Crippen LogP contribution in [0.1, 0.15) is 39.1 Å². The largest absolute Gasteiger partial charge is 0.352 e. The maximum absolute atomic E-state index is 12.3. The maximum Gasteiger partial charge on any atom is 0.261 e. The Kier molecular flexibility index (Phi) is 5.15. The molecule has 3 aromatic rings. The summed E-state index contributed by atoms with van der Waals surface area (Å²) in [4.78, 5) is 46.3. The predicted octanol–water partition coefficient (Wildman–Crippen LogP) is 1.96. The predicted molar refractivity (Wildman–Crippen MR) is 104 cm³/mol. The molecule has 1 aliphatic heterocycles. The van der Waals surface area contributed by atoms with E-state index in [1.807, 2.05) is 12.1 Å². The van der Waals surface area contributed by atoms with E-state index in [4.69, 9.17) is 0 Å². The number of pyridine rings is 1. The van der Waals surface area contributed by atoms with Crippen LogP contribution in [0.3, 0.4) is 0 Å². The lowest BCUT2D eigenvalue weighted by Gasteiger charge is -2.13. The second-order valence-electron chi connectivity index (χ2n) is 6.68. The second kappa shape index (κ2) is 8.05. The number of hydrogen-bond donors (Lipinski definition) is 1. The Morgan fingerprint density at radius 2 is 1.79 bits per heavy atom. The van der Waals surface area contributed by atoms with Gasteiger partial charge in [-0.05, 0) is 36.2 Å². The summed E-state index contributed by atoms with van der Waals surface area (Å²) in [6.07, 6.45) is 7.44. The van der Waals surface area contributed by atoms with Crippen LogP contribution in [-0.4, -0.2) is 43.7 Å². The van der Waals surface area contributed by atoms with Crippen LogP contribution in [0.5, 0.6) is 0 Å². The molecule has 146 valence electrons. The van der Waals surface area contributed by atoms with Crippen molar-refractivity contribution in [2.45, 2.75) is 19.4 Å². The van der Waals surface area contributed by atoms with Crippen molar-refractivity contribution in [3.8, 4) is 5.82 Å². The lowest BCUT2D eigenvalue weighted by atomic mass is 10.1. The van der Waals surface area contributed by atoms with Gasteiger partial charge in [-0.3, -0.25) is 23.9 Å². The number of fused-ring (bicyclic) bond motifs is 1. The highest BCUT2D eigenvalue weighted by atomic mass is 16.2. The SMILES string of the molecule is O=C(CCCN1C(=O)c2ccccc2C1=O)NCc1ccnc(-n2ccnc2)c1. The van der Waals surface area contributed by atoms with Gasteiger partial charge in [0.25, 0.3) is 11.8 Å². The van der Waals surface area contributed by atoms with Crippen molar-refractivity contribution >= 4 is 17.7 Å². The molecule has 1 aliphatic rings. The molecule has 0 bridgehead atoms. The number of carbonyl (C=O) groups is 3. The molecule has 0 radical (unpaired) electrons. The number of imide groups is 1. The lowest BCUT2D eigenvalue weighted by Crippen LogP contribution is -2.32. The van der Waals surface area contributed by atoms with Crippen LogP contribution in [-0.2, 0) is 11.3 Å². The van der Waals surface area contributed by atoms with Gasteiger partial charge >= 0.3 is 0 Å². The van der Waals surface area contributed by atoms with E-state index in [2.05, 4.69) is 15.3 Å². The lowest BCUT2D eigenvalue weighted by molar-refractivity contribution is -0.121. The van der Waals surface area contributed by atoms with E-state index in [1.165, 1.54) is 4.90 Å². The Labute approximate surface area is 167 Å². The summed E-state index contributed by atoms with van der Waals surface area (Å²) in [5.74, 6) is -0.00729. The first-order chi connectivity index (χ1) is 14.1. The standard InChI is InChI=1S/C21H19N5O3/c27-19(24-13-15-7-8-23-18(12-15)25-11-9-22-14-25)6-3-10-26-20(28)16-4-1-2-5-17(16)21(26)29/h1-2,4-5,7-9,11-12,14H,3,6,10,13H2,(H,24,27). The van der Waals surface area contributed by atoms with Crippen molar-refractivity contribution in [3.63, 3.8) is 0 Å². The summed E-state index contributed by atoms with van der Waals surface area (Å²) in [7, 11) is 0. The molecule has 4 rings (SSSR count). The third kappa shape index (κ3) is 3.91. The number of benzene rings is 1. The van der Waals surface area contributed by atoms with Crippen LogP contribution in [0.4, 0.5) is 0 Å². The Balaban J connectivity index is 1.26. The van der Waals surface area contributed by atoms with Gasteiger partial charge < -0.3 is 5.32 Å². The molecular formula is C21H19N5O3. The smallest absolute Gasteiger partial charge is 0.261 e. The van der Waals surface area contributed by atoms with Crippen LogP contribution in [0.2, 0.25) is 0 Å². The fraction of sp³-hybridized carbons (Fsp3) is 0.190. The summed E-state index contributed by atoms with van der Waals surface area (Å²) in [6, 6.07) is 10.5. The highest BCUT2D eigenvalue weighted by molar-refractivity contribution is 6.21.